The van der Waals surface area contributed by atoms with E-state index < -0.39 is 17.7 Å². The summed E-state index contributed by atoms with van der Waals surface area (Å²) in [5.74, 6) is 0.600. The SMILES string of the molecule is CCCCc1nccn1Cc1ccc2c(c1)cc(-c1ccccc1C(=O)OC)n2C(=O)OC(C)(C)C. The molecule has 0 bridgehead atoms. The monoisotopic (exact) mass is 487 g/mol. The number of ether oxygens (including phenoxy) is 2. The van der Waals surface area contributed by atoms with Crippen LogP contribution in [0.15, 0.2) is 60.9 Å². The summed E-state index contributed by atoms with van der Waals surface area (Å²) in [4.78, 5) is 30.4. The second kappa shape index (κ2) is 10.4. The molecule has 0 spiro atoms. The first kappa shape index (κ1) is 25.2. The number of methoxy groups -OCH3 is 1. The molecule has 7 heteroatoms. The van der Waals surface area contributed by atoms with E-state index >= 15 is 0 Å². The van der Waals surface area contributed by atoms with Crippen LogP contribution in [-0.2, 0) is 22.4 Å². The zero-order valence-electron chi connectivity index (χ0n) is 21.6. The van der Waals surface area contributed by atoms with Crippen molar-refractivity contribution in [3.05, 3.63) is 77.9 Å². The van der Waals surface area contributed by atoms with Crippen molar-refractivity contribution in [1.29, 1.82) is 0 Å². The highest BCUT2D eigenvalue weighted by molar-refractivity contribution is 6.02. The summed E-state index contributed by atoms with van der Waals surface area (Å²) in [5.41, 5.74) is 2.68. The van der Waals surface area contributed by atoms with Crippen molar-refractivity contribution in [2.45, 2.75) is 59.1 Å². The zero-order chi connectivity index (χ0) is 25.9. The molecule has 0 amide bonds. The number of aromatic nitrogens is 3. The Kier molecular flexibility index (Phi) is 7.29. The van der Waals surface area contributed by atoms with Crippen LogP contribution >= 0.6 is 0 Å². The van der Waals surface area contributed by atoms with Crippen molar-refractivity contribution in [2.75, 3.05) is 7.11 Å². The maximum Gasteiger partial charge on any atom is 0.419 e. The molecule has 4 aromatic rings. The molecule has 4 rings (SSSR count). The number of carbonyl (C=O) groups excluding carboxylic acids is 2. The number of fused-ring (bicyclic) bond motifs is 1. The predicted octanol–water partition coefficient (Wildman–Crippen LogP) is 6.47. The summed E-state index contributed by atoms with van der Waals surface area (Å²) in [6.45, 7) is 8.35. The molecule has 0 radical (unpaired) electrons. The van der Waals surface area contributed by atoms with Crippen LogP contribution in [-0.4, -0.2) is 38.9 Å². The lowest BCUT2D eigenvalue weighted by Crippen LogP contribution is -2.27. The van der Waals surface area contributed by atoms with Gasteiger partial charge in [0.05, 0.1) is 23.9 Å². The largest absolute Gasteiger partial charge is 0.465 e. The second-order valence-electron chi connectivity index (χ2n) is 9.85. The molecule has 0 aliphatic carbocycles. The Bertz CT molecular complexity index is 1390. The Labute approximate surface area is 211 Å². The third-order valence-corrected chi connectivity index (χ3v) is 5.96. The van der Waals surface area contributed by atoms with Crippen LogP contribution in [0.1, 0.15) is 62.3 Å². The number of carbonyl (C=O) groups is 2. The van der Waals surface area contributed by atoms with Gasteiger partial charge in [0.15, 0.2) is 0 Å². The molecule has 188 valence electrons. The molecule has 2 heterocycles. The molecular formula is C29H33N3O4. The van der Waals surface area contributed by atoms with Gasteiger partial charge < -0.3 is 14.0 Å². The van der Waals surface area contributed by atoms with Gasteiger partial charge in [-0.1, -0.05) is 37.6 Å². The van der Waals surface area contributed by atoms with Crippen LogP contribution in [0.2, 0.25) is 0 Å². The molecule has 0 aliphatic rings. The summed E-state index contributed by atoms with van der Waals surface area (Å²) in [7, 11) is 1.35. The topological polar surface area (TPSA) is 75.4 Å². The first-order valence-corrected chi connectivity index (χ1v) is 12.3. The average molecular weight is 488 g/mol. The second-order valence-corrected chi connectivity index (χ2v) is 9.85. The van der Waals surface area contributed by atoms with Crippen LogP contribution < -0.4 is 0 Å². The fourth-order valence-electron chi connectivity index (χ4n) is 4.30. The maximum absolute atomic E-state index is 13.4. The van der Waals surface area contributed by atoms with E-state index in [2.05, 4.69) is 22.5 Å². The van der Waals surface area contributed by atoms with E-state index in [9.17, 15) is 9.59 Å². The maximum atomic E-state index is 13.4. The number of unbranched alkanes of at least 4 members (excludes halogenated alkanes) is 1. The van der Waals surface area contributed by atoms with Gasteiger partial charge in [-0.05, 0) is 57.0 Å². The molecule has 2 aromatic carbocycles. The zero-order valence-corrected chi connectivity index (χ0v) is 21.6. The van der Waals surface area contributed by atoms with Crippen molar-refractivity contribution in [3.63, 3.8) is 0 Å². The lowest BCUT2D eigenvalue weighted by molar-refractivity contribution is 0.0543. The van der Waals surface area contributed by atoms with Gasteiger partial charge in [0, 0.05) is 36.3 Å². The van der Waals surface area contributed by atoms with Crippen molar-refractivity contribution in [1.82, 2.24) is 14.1 Å². The van der Waals surface area contributed by atoms with Gasteiger partial charge in [-0.25, -0.2) is 19.1 Å². The summed E-state index contributed by atoms with van der Waals surface area (Å²) >= 11 is 0. The highest BCUT2D eigenvalue weighted by Gasteiger charge is 2.25. The molecule has 0 saturated carbocycles. The molecule has 0 N–H and O–H groups in total. The molecule has 2 aromatic heterocycles. The highest BCUT2D eigenvalue weighted by Crippen LogP contribution is 2.32. The van der Waals surface area contributed by atoms with Crippen LogP contribution in [0.3, 0.4) is 0 Å². The standard InChI is InChI=1S/C29H33N3O4/c1-6-7-12-26-30-15-16-31(26)19-20-13-14-24-21(17-20)18-25(32(24)28(34)36-29(2,3)4)22-10-8-9-11-23(22)27(33)35-5/h8-11,13-18H,6-7,12,19H2,1-5H3. The number of benzene rings is 2. The average Bonchev–Trinajstić information content (AvgIpc) is 3.45. The Balaban J connectivity index is 1.82. The first-order valence-electron chi connectivity index (χ1n) is 12.3. The number of hydrogen-bond acceptors (Lipinski definition) is 5. The third kappa shape index (κ3) is 5.35. The van der Waals surface area contributed by atoms with Crippen molar-refractivity contribution < 1.29 is 19.1 Å². The summed E-state index contributed by atoms with van der Waals surface area (Å²) in [6, 6.07) is 15.1. The van der Waals surface area contributed by atoms with Crippen molar-refractivity contribution >= 4 is 23.0 Å². The number of esters is 1. The lowest BCUT2D eigenvalue weighted by Gasteiger charge is -2.21. The van der Waals surface area contributed by atoms with E-state index in [1.54, 1.807) is 12.1 Å². The van der Waals surface area contributed by atoms with E-state index in [0.29, 0.717) is 28.9 Å². The van der Waals surface area contributed by atoms with E-state index in [-0.39, 0.29) is 0 Å². The molecule has 0 unspecified atom stereocenters. The number of aryl methyl sites for hydroxylation is 1. The van der Waals surface area contributed by atoms with Crippen LogP contribution in [0.25, 0.3) is 22.2 Å². The fourth-order valence-corrected chi connectivity index (χ4v) is 4.30. The van der Waals surface area contributed by atoms with Crippen LogP contribution in [0.4, 0.5) is 4.79 Å². The Hall–Kier alpha value is -3.87. The minimum absolute atomic E-state index is 0.381. The Morgan fingerprint density at radius 3 is 2.56 bits per heavy atom. The Morgan fingerprint density at radius 2 is 1.83 bits per heavy atom. The van der Waals surface area contributed by atoms with Crippen LogP contribution in [0, 0.1) is 0 Å². The third-order valence-electron chi connectivity index (χ3n) is 5.96. The molecule has 0 saturated heterocycles. The molecule has 0 atom stereocenters. The van der Waals surface area contributed by atoms with Gasteiger partial charge in [0.1, 0.15) is 11.4 Å². The van der Waals surface area contributed by atoms with Crippen molar-refractivity contribution in [2.24, 2.45) is 0 Å². The van der Waals surface area contributed by atoms with Gasteiger partial charge >= 0.3 is 12.1 Å². The number of hydrogen-bond donors (Lipinski definition) is 0. The number of rotatable bonds is 7. The van der Waals surface area contributed by atoms with E-state index in [1.807, 2.05) is 63.5 Å². The summed E-state index contributed by atoms with van der Waals surface area (Å²) in [5, 5.41) is 0.878. The van der Waals surface area contributed by atoms with Gasteiger partial charge in [-0.3, -0.25) is 0 Å². The summed E-state index contributed by atoms with van der Waals surface area (Å²) in [6.07, 6.45) is 6.49. The lowest BCUT2D eigenvalue weighted by atomic mass is 10.0. The molecule has 36 heavy (non-hydrogen) atoms. The van der Waals surface area contributed by atoms with Crippen molar-refractivity contribution in [3.8, 4) is 11.3 Å². The first-order chi connectivity index (χ1) is 17.2. The fraction of sp³-hybridized carbons (Fsp3) is 0.345. The van der Waals surface area contributed by atoms with E-state index in [1.165, 1.54) is 11.7 Å². The predicted molar refractivity (Wildman–Crippen MR) is 140 cm³/mol. The molecular weight excluding hydrogens is 454 g/mol. The Morgan fingerprint density at radius 1 is 1.06 bits per heavy atom. The van der Waals surface area contributed by atoms with Gasteiger partial charge in [-0.2, -0.15) is 0 Å². The van der Waals surface area contributed by atoms with E-state index in [4.69, 9.17) is 9.47 Å². The molecule has 7 nitrogen and oxygen atoms in total. The highest BCUT2D eigenvalue weighted by atomic mass is 16.6. The number of imidazole rings is 1. The summed E-state index contributed by atoms with van der Waals surface area (Å²) < 4.78 is 14.4. The van der Waals surface area contributed by atoms with Gasteiger partial charge in [0.25, 0.3) is 0 Å². The van der Waals surface area contributed by atoms with Gasteiger partial charge in [0.2, 0.25) is 0 Å². The minimum Gasteiger partial charge on any atom is -0.465 e. The van der Waals surface area contributed by atoms with E-state index in [0.717, 1.165) is 36.0 Å². The molecule has 0 aliphatic heterocycles. The smallest absolute Gasteiger partial charge is 0.419 e. The van der Waals surface area contributed by atoms with Crippen LogP contribution in [0.5, 0.6) is 0 Å². The quantitative estimate of drug-likeness (QED) is 0.279. The normalized spacial score (nSPS) is 11.6. The molecule has 0 fully saturated rings. The number of nitrogens with zero attached hydrogens (tertiary/aromatic N) is 3. The minimum atomic E-state index is -0.678. The van der Waals surface area contributed by atoms with Gasteiger partial charge in [-0.15, -0.1) is 0 Å².